The van der Waals surface area contributed by atoms with Crippen molar-refractivity contribution in [3.8, 4) is 5.69 Å². The summed E-state index contributed by atoms with van der Waals surface area (Å²) in [7, 11) is 0. The van der Waals surface area contributed by atoms with Crippen molar-refractivity contribution in [3.63, 3.8) is 0 Å². The van der Waals surface area contributed by atoms with Crippen LogP contribution in [0.1, 0.15) is 0 Å². The first kappa shape index (κ1) is 12.9. The van der Waals surface area contributed by atoms with Crippen LogP contribution in [0.15, 0.2) is 41.3 Å². The molecule has 21 heavy (non-hydrogen) atoms. The smallest absolute Gasteiger partial charge is 0.281 e. The topological polar surface area (TPSA) is 121 Å². The monoisotopic (exact) mass is 285 g/mol. The fraction of sp³-hybridized carbons (Fsp3) is 0.0833. The van der Waals surface area contributed by atoms with Crippen LogP contribution in [-0.2, 0) is 11.3 Å². The van der Waals surface area contributed by atoms with Gasteiger partial charge in [0.25, 0.3) is 11.5 Å². The zero-order chi connectivity index (χ0) is 14.8. The number of amides is 1. The number of aromatic nitrogens is 5. The van der Waals surface area contributed by atoms with Crippen molar-refractivity contribution in [1.82, 2.24) is 30.2 Å². The van der Waals surface area contributed by atoms with Crippen LogP contribution in [0.2, 0.25) is 0 Å². The van der Waals surface area contributed by atoms with Crippen LogP contribution >= 0.6 is 0 Å². The normalized spacial score (nSPS) is 10.7. The third-order valence-electron chi connectivity index (χ3n) is 2.91. The van der Waals surface area contributed by atoms with Crippen molar-refractivity contribution < 1.29 is 4.79 Å². The lowest BCUT2D eigenvalue weighted by Gasteiger charge is -2.03. The van der Waals surface area contributed by atoms with Crippen LogP contribution in [0.5, 0.6) is 0 Å². The first-order valence-corrected chi connectivity index (χ1v) is 6.07. The van der Waals surface area contributed by atoms with Gasteiger partial charge in [-0.3, -0.25) is 15.0 Å². The Balaban J connectivity index is 2.11. The maximum absolute atomic E-state index is 12.2. The average molecular weight is 285 g/mol. The summed E-state index contributed by atoms with van der Waals surface area (Å²) in [6.07, 6.45) is 1.40. The standard InChI is InChI=1S/C12H11N7O2/c13-15-10(20)7-18-12(21)9-6-14-19(11(9)16-17-18)8-4-2-1-3-5-8/h1-6H,7,13H2,(H,15,20). The predicted octanol–water partition coefficient (Wildman–Crippen LogP) is -1.03. The number of carbonyl (C=O) groups is 1. The molecule has 1 aromatic carbocycles. The number of para-hydroxylation sites is 1. The van der Waals surface area contributed by atoms with E-state index in [1.165, 1.54) is 10.9 Å². The third-order valence-corrected chi connectivity index (χ3v) is 2.91. The number of carbonyl (C=O) groups excluding carboxylic acids is 1. The summed E-state index contributed by atoms with van der Waals surface area (Å²) in [4.78, 5) is 23.4. The van der Waals surface area contributed by atoms with E-state index >= 15 is 0 Å². The second-order valence-corrected chi connectivity index (χ2v) is 4.25. The van der Waals surface area contributed by atoms with Crippen molar-refractivity contribution in [3.05, 3.63) is 46.9 Å². The van der Waals surface area contributed by atoms with Crippen molar-refractivity contribution in [2.45, 2.75) is 6.54 Å². The minimum atomic E-state index is -0.541. The van der Waals surface area contributed by atoms with Crippen LogP contribution in [0, 0.1) is 0 Å². The summed E-state index contributed by atoms with van der Waals surface area (Å²) >= 11 is 0. The number of nitrogens with one attached hydrogen (secondary N) is 1. The number of nitrogens with two attached hydrogens (primary N) is 1. The van der Waals surface area contributed by atoms with Crippen LogP contribution in [0.25, 0.3) is 16.7 Å². The summed E-state index contributed by atoms with van der Waals surface area (Å²) in [6, 6.07) is 9.24. The first-order valence-electron chi connectivity index (χ1n) is 6.07. The van der Waals surface area contributed by atoms with Crippen LogP contribution in [0.3, 0.4) is 0 Å². The molecule has 106 valence electrons. The molecule has 0 spiro atoms. The summed E-state index contributed by atoms with van der Waals surface area (Å²) < 4.78 is 2.44. The molecule has 1 amide bonds. The lowest BCUT2D eigenvalue weighted by atomic mass is 10.3. The molecular weight excluding hydrogens is 274 g/mol. The molecule has 2 heterocycles. The molecule has 0 aliphatic rings. The number of benzene rings is 1. The molecule has 0 unspecified atom stereocenters. The van der Waals surface area contributed by atoms with Gasteiger partial charge < -0.3 is 0 Å². The highest BCUT2D eigenvalue weighted by atomic mass is 16.2. The first-order chi connectivity index (χ1) is 10.2. The van der Waals surface area contributed by atoms with E-state index in [0.29, 0.717) is 5.65 Å². The van der Waals surface area contributed by atoms with Gasteiger partial charge in [-0.2, -0.15) is 5.10 Å². The third kappa shape index (κ3) is 2.25. The zero-order valence-electron chi connectivity index (χ0n) is 10.8. The van der Waals surface area contributed by atoms with E-state index < -0.39 is 11.5 Å². The molecule has 3 aromatic rings. The summed E-state index contributed by atoms with van der Waals surface area (Å²) in [5.74, 6) is 4.44. The van der Waals surface area contributed by atoms with Gasteiger partial charge in [0.1, 0.15) is 11.9 Å². The van der Waals surface area contributed by atoms with Gasteiger partial charge in [0.05, 0.1) is 11.9 Å². The molecule has 0 radical (unpaired) electrons. The highest BCUT2D eigenvalue weighted by Gasteiger charge is 2.13. The Morgan fingerprint density at radius 1 is 1.29 bits per heavy atom. The Labute approximate surface area is 117 Å². The van der Waals surface area contributed by atoms with Gasteiger partial charge in [0, 0.05) is 0 Å². The average Bonchev–Trinajstić information content (AvgIpc) is 2.95. The molecule has 0 aliphatic carbocycles. The summed E-state index contributed by atoms with van der Waals surface area (Å²) in [5.41, 5.74) is 2.57. The van der Waals surface area contributed by atoms with Gasteiger partial charge in [0.2, 0.25) is 0 Å². The molecule has 0 atom stereocenters. The van der Waals surface area contributed by atoms with Gasteiger partial charge in [-0.15, -0.1) is 5.10 Å². The largest absolute Gasteiger partial charge is 0.293 e. The summed E-state index contributed by atoms with van der Waals surface area (Å²) in [6.45, 7) is -0.297. The molecule has 0 aliphatic heterocycles. The van der Waals surface area contributed by atoms with Gasteiger partial charge in [-0.1, -0.05) is 23.4 Å². The second kappa shape index (κ2) is 5.13. The molecule has 3 N–H and O–H groups in total. The van der Waals surface area contributed by atoms with E-state index in [1.807, 2.05) is 35.8 Å². The van der Waals surface area contributed by atoms with E-state index in [0.717, 1.165) is 10.4 Å². The van der Waals surface area contributed by atoms with Gasteiger partial charge in [-0.25, -0.2) is 15.2 Å². The number of nitrogens with zero attached hydrogens (tertiary/aromatic N) is 5. The quantitative estimate of drug-likeness (QED) is 0.360. The lowest BCUT2D eigenvalue weighted by molar-refractivity contribution is -0.122. The molecule has 0 saturated heterocycles. The molecule has 3 rings (SSSR count). The van der Waals surface area contributed by atoms with Crippen molar-refractivity contribution >= 4 is 16.9 Å². The fourth-order valence-corrected chi connectivity index (χ4v) is 1.91. The van der Waals surface area contributed by atoms with Crippen LogP contribution in [0.4, 0.5) is 0 Å². The molecule has 0 fully saturated rings. The van der Waals surface area contributed by atoms with E-state index in [1.54, 1.807) is 0 Å². The SMILES string of the molecule is NNC(=O)Cn1nnc2c(cnn2-c2ccccc2)c1=O. The highest BCUT2D eigenvalue weighted by molar-refractivity contribution is 5.76. The Morgan fingerprint density at radius 3 is 2.76 bits per heavy atom. The molecule has 9 heteroatoms. The van der Waals surface area contributed by atoms with Crippen molar-refractivity contribution in [2.75, 3.05) is 0 Å². The Morgan fingerprint density at radius 2 is 2.05 bits per heavy atom. The number of fused-ring (bicyclic) bond motifs is 1. The number of hydrazine groups is 1. The molecule has 0 bridgehead atoms. The van der Waals surface area contributed by atoms with E-state index in [2.05, 4.69) is 15.4 Å². The molecule has 2 aromatic heterocycles. The van der Waals surface area contributed by atoms with Gasteiger partial charge in [-0.05, 0) is 12.1 Å². The zero-order valence-corrected chi connectivity index (χ0v) is 10.8. The molecule has 0 saturated carbocycles. The van der Waals surface area contributed by atoms with E-state index in [-0.39, 0.29) is 11.9 Å². The molecular formula is C12H11N7O2. The Bertz CT molecular complexity index is 853. The number of hydrogen-bond donors (Lipinski definition) is 2. The minimum absolute atomic E-state index is 0.277. The second-order valence-electron chi connectivity index (χ2n) is 4.25. The highest BCUT2D eigenvalue weighted by Crippen LogP contribution is 2.12. The fourth-order valence-electron chi connectivity index (χ4n) is 1.91. The summed E-state index contributed by atoms with van der Waals surface area (Å²) in [5, 5.41) is 12.1. The van der Waals surface area contributed by atoms with Gasteiger partial charge >= 0.3 is 0 Å². The van der Waals surface area contributed by atoms with Crippen molar-refractivity contribution in [2.24, 2.45) is 5.84 Å². The Hall–Kier alpha value is -3.07. The van der Waals surface area contributed by atoms with Crippen LogP contribution in [-0.4, -0.2) is 30.7 Å². The van der Waals surface area contributed by atoms with E-state index in [9.17, 15) is 9.59 Å². The number of hydrogen-bond acceptors (Lipinski definition) is 6. The van der Waals surface area contributed by atoms with E-state index in [4.69, 9.17) is 5.84 Å². The van der Waals surface area contributed by atoms with Gasteiger partial charge in [0.15, 0.2) is 5.65 Å². The van der Waals surface area contributed by atoms with Crippen LogP contribution < -0.4 is 16.8 Å². The predicted molar refractivity (Wildman–Crippen MR) is 73.3 cm³/mol. The minimum Gasteiger partial charge on any atom is -0.293 e. The lowest BCUT2D eigenvalue weighted by Crippen LogP contribution is -2.37. The maximum Gasteiger partial charge on any atom is 0.281 e. The van der Waals surface area contributed by atoms with Crippen molar-refractivity contribution in [1.29, 1.82) is 0 Å². The molecule has 9 nitrogen and oxygen atoms in total. The number of rotatable bonds is 3. The maximum atomic E-state index is 12.2. The Kier molecular flexibility index (Phi) is 3.16.